The van der Waals surface area contributed by atoms with Crippen molar-refractivity contribution < 1.29 is 4.79 Å². The number of nitrogens with one attached hydrogen (secondary N) is 1. The van der Waals surface area contributed by atoms with Gasteiger partial charge in [-0.15, -0.1) is 12.4 Å². The van der Waals surface area contributed by atoms with Crippen LogP contribution in [0, 0.1) is 5.92 Å². The quantitative estimate of drug-likeness (QED) is 0.267. The number of halogens is 5. The summed E-state index contributed by atoms with van der Waals surface area (Å²) in [5.74, 6) is 0.609. The summed E-state index contributed by atoms with van der Waals surface area (Å²) in [4.78, 5) is 15.4. The number of nitrogens with zero attached hydrogens (tertiary/aromatic N) is 1. The minimum atomic E-state index is -0.219. The smallest absolute Gasteiger partial charge is 0.252 e. The van der Waals surface area contributed by atoms with Crippen LogP contribution in [-0.4, -0.2) is 37.0 Å². The first-order chi connectivity index (χ1) is 17.4. The Morgan fingerprint density at radius 3 is 2.30 bits per heavy atom. The highest BCUT2D eigenvalue weighted by atomic mass is 35.5. The van der Waals surface area contributed by atoms with Crippen LogP contribution in [0.4, 0.5) is 0 Å². The maximum Gasteiger partial charge on any atom is 0.252 e. The molecular formula is C29H31Cl5N2O. The van der Waals surface area contributed by atoms with E-state index in [0.29, 0.717) is 32.2 Å². The van der Waals surface area contributed by atoms with E-state index in [1.165, 1.54) is 18.4 Å². The molecule has 8 heteroatoms. The molecule has 1 N–H and O–H groups in total. The number of rotatable bonds is 9. The van der Waals surface area contributed by atoms with Crippen LogP contribution in [0.25, 0.3) is 0 Å². The van der Waals surface area contributed by atoms with Crippen LogP contribution in [0.15, 0.2) is 66.7 Å². The highest BCUT2D eigenvalue weighted by molar-refractivity contribution is 6.42. The van der Waals surface area contributed by atoms with Gasteiger partial charge >= 0.3 is 0 Å². The van der Waals surface area contributed by atoms with Gasteiger partial charge in [-0.1, -0.05) is 82.8 Å². The molecule has 1 amide bonds. The molecule has 0 aliphatic carbocycles. The Labute approximate surface area is 245 Å². The van der Waals surface area contributed by atoms with Crippen molar-refractivity contribution in [3.05, 3.63) is 104 Å². The zero-order valence-electron chi connectivity index (χ0n) is 20.4. The molecule has 1 aliphatic rings. The molecule has 1 atom stereocenters. The lowest BCUT2D eigenvalue weighted by Gasteiger charge is -2.33. The molecular weight excluding hydrogens is 570 g/mol. The van der Waals surface area contributed by atoms with Crippen LogP contribution in [0.5, 0.6) is 0 Å². The molecule has 3 aromatic rings. The molecule has 1 saturated heterocycles. The Hall–Kier alpha value is -1.46. The van der Waals surface area contributed by atoms with Crippen LogP contribution in [-0.2, 0) is 6.42 Å². The van der Waals surface area contributed by atoms with E-state index in [1.807, 2.05) is 18.2 Å². The third-order valence-corrected chi connectivity index (χ3v) is 8.25. The molecule has 0 bridgehead atoms. The summed E-state index contributed by atoms with van der Waals surface area (Å²) in [6.07, 6.45) is 4.46. The van der Waals surface area contributed by atoms with Crippen molar-refractivity contribution in [2.45, 2.75) is 31.6 Å². The van der Waals surface area contributed by atoms with Gasteiger partial charge in [-0.2, -0.15) is 0 Å². The van der Waals surface area contributed by atoms with Crippen molar-refractivity contribution in [2.75, 3.05) is 26.2 Å². The maximum absolute atomic E-state index is 12.8. The number of benzene rings is 3. The first-order valence-corrected chi connectivity index (χ1v) is 13.8. The molecule has 3 aromatic carbocycles. The Balaban J connectivity index is 0.00000380. The van der Waals surface area contributed by atoms with Crippen LogP contribution in [0.3, 0.4) is 0 Å². The van der Waals surface area contributed by atoms with Crippen LogP contribution < -0.4 is 5.32 Å². The highest BCUT2D eigenvalue weighted by Gasteiger charge is 2.22. The van der Waals surface area contributed by atoms with Gasteiger partial charge in [0.1, 0.15) is 0 Å². The van der Waals surface area contributed by atoms with Crippen LogP contribution in [0.2, 0.25) is 20.1 Å². The normalized spacial score (nSPS) is 15.1. The lowest BCUT2D eigenvalue weighted by atomic mass is 9.89. The summed E-state index contributed by atoms with van der Waals surface area (Å²) in [6.45, 7) is 3.62. The third-order valence-electron chi connectivity index (χ3n) is 6.97. The Morgan fingerprint density at radius 1 is 0.892 bits per heavy atom. The van der Waals surface area contributed by atoms with Gasteiger partial charge in [-0.05, 0) is 92.7 Å². The Morgan fingerprint density at radius 2 is 1.62 bits per heavy atom. The summed E-state index contributed by atoms with van der Waals surface area (Å²) in [7, 11) is 0. The molecule has 37 heavy (non-hydrogen) atoms. The molecule has 0 saturated carbocycles. The van der Waals surface area contributed by atoms with Crippen molar-refractivity contribution in [1.82, 2.24) is 10.2 Å². The highest BCUT2D eigenvalue weighted by Crippen LogP contribution is 2.29. The summed E-state index contributed by atoms with van der Waals surface area (Å²) in [5, 5.41) is 4.93. The van der Waals surface area contributed by atoms with E-state index in [9.17, 15) is 4.79 Å². The van der Waals surface area contributed by atoms with Gasteiger partial charge in [0.2, 0.25) is 0 Å². The number of carbonyl (C=O) groups is 1. The summed E-state index contributed by atoms with van der Waals surface area (Å²) < 4.78 is 0. The average molecular weight is 601 g/mol. The van der Waals surface area contributed by atoms with E-state index < -0.39 is 0 Å². The predicted octanol–water partition coefficient (Wildman–Crippen LogP) is 8.58. The van der Waals surface area contributed by atoms with Crippen molar-refractivity contribution >= 4 is 64.7 Å². The Kier molecular flexibility index (Phi) is 11.9. The molecule has 1 aliphatic heterocycles. The van der Waals surface area contributed by atoms with Crippen molar-refractivity contribution in [1.29, 1.82) is 0 Å². The first-order valence-electron chi connectivity index (χ1n) is 12.3. The van der Waals surface area contributed by atoms with E-state index in [0.717, 1.165) is 44.0 Å². The zero-order chi connectivity index (χ0) is 25.5. The van der Waals surface area contributed by atoms with E-state index in [-0.39, 0.29) is 24.2 Å². The number of likely N-dealkylation sites (tertiary alicyclic amines) is 1. The molecule has 1 unspecified atom stereocenters. The topological polar surface area (TPSA) is 32.3 Å². The van der Waals surface area contributed by atoms with E-state index in [1.54, 1.807) is 18.2 Å². The summed E-state index contributed by atoms with van der Waals surface area (Å²) in [6, 6.07) is 21.4. The second-order valence-corrected chi connectivity index (χ2v) is 11.1. The molecule has 198 valence electrons. The van der Waals surface area contributed by atoms with E-state index in [2.05, 4.69) is 40.5 Å². The lowest BCUT2D eigenvalue weighted by Crippen LogP contribution is -2.36. The monoisotopic (exact) mass is 598 g/mol. The number of hydrogen-bond donors (Lipinski definition) is 1. The van der Waals surface area contributed by atoms with Crippen molar-refractivity contribution in [3.63, 3.8) is 0 Å². The molecule has 0 radical (unpaired) electrons. The number of carbonyl (C=O) groups excluding carboxylic acids is 1. The maximum atomic E-state index is 12.8. The van der Waals surface area contributed by atoms with Crippen molar-refractivity contribution in [3.8, 4) is 0 Å². The average Bonchev–Trinajstić information content (AvgIpc) is 2.87. The SMILES string of the molecule is Cl.O=C(NCC(CCN1CCC(Cc2ccccc2)CC1)c1ccc(Cl)c(Cl)c1)c1ccc(Cl)cc1Cl. The predicted molar refractivity (Wildman–Crippen MR) is 159 cm³/mol. The van der Waals surface area contributed by atoms with E-state index in [4.69, 9.17) is 46.4 Å². The fraction of sp³-hybridized carbons (Fsp3) is 0.345. The van der Waals surface area contributed by atoms with Gasteiger partial charge in [-0.3, -0.25) is 4.79 Å². The molecule has 1 heterocycles. The summed E-state index contributed by atoms with van der Waals surface area (Å²) in [5.41, 5.74) is 2.90. The van der Waals surface area contributed by atoms with Crippen molar-refractivity contribution in [2.24, 2.45) is 5.92 Å². The number of piperidine rings is 1. The largest absolute Gasteiger partial charge is 0.351 e. The van der Waals surface area contributed by atoms with Gasteiger partial charge in [-0.25, -0.2) is 0 Å². The second kappa shape index (κ2) is 14.6. The molecule has 0 aromatic heterocycles. The van der Waals surface area contributed by atoms with Gasteiger partial charge in [0.25, 0.3) is 5.91 Å². The minimum absolute atomic E-state index is 0. The van der Waals surface area contributed by atoms with Crippen LogP contribution in [0.1, 0.15) is 46.7 Å². The van der Waals surface area contributed by atoms with Gasteiger partial charge in [0, 0.05) is 17.5 Å². The molecule has 1 fully saturated rings. The Bertz CT molecular complexity index is 1170. The molecule has 0 spiro atoms. The fourth-order valence-corrected chi connectivity index (χ4v) is 5.64. The number of hydrogen-bond acceptors (Lipinski definition) is 2. The summed E-state index contributed by atoms with van der Waals surface area (Å²) >= 11 is 24.7. The number of amides is 1. The first kappa shape index (κ1) is 30.1. The van der Waals surface area contributed by atoms with E-state index >= 15 is 0 Å². The minimum Gasteiger partial charge on any atom is -0.351 e. The van der Waals surface area contributed by atoms with Gasteiger partial charge in [0.05, 0.1) is 20.6 Å². The van der Waals surface area contributed by atoms with Gasteiger partial charge in [0.15, 0.2) is 0 Å². The molecule has 4 rings (SSSR count). The fourth-order valence-electron chi connectivity index (χ4n) is 4.84. The standard InChI is InChI=1S/C29H30Cl4N2O.ClH/c30-24-7-8-25(27(32)18-24)29(36)34-19-23(22-6-9-26(31)28(33)17-22)12-15-35-13-10-21(11-14-35)16-20-4-2-1-3-5-20;/h1-9,17-18,21,23H,10-16,19H2,(H,34,36);1H. The third kappa shape index (κ3) is 8.78. The van der Waals surface area contributed by atoms with Crippen LogP contribution >= 0.6 is 58.8 Å². The second-order valence-electron chi connectivity index (χ2n) is 9.47. The van der Waals surface area contributed by atoms with Gasteiger partial charge < -0.3 is 10.2 Å². The lowest BCUT2D eigenvalue weighted by molar-refractivity contribution is 0.0949. The zero-order valence-corrected chi connectivity index (χ0v) is 24.3. The molecule has 3 nitrogen and oxygen atoms in total.